The van der Waals surface area contributed by atoms with E-state index < -0.39 is 0 Å². The number of fused-ring (bicyclic) bond motifs is 1. The van der Waals surface area contributed by atoms with Gasteiger partial charge in [0.15, 0.2) is 6.29 Å². The summed E-state index contributed by atoms with van der Waals surface area (Å²) in [6.45, 7) is 2.06. The van der Waals surface area contributed by atoms with E-state index in [9.17, 15) is 9.90 Å². The number of hydrogen-bond acceptors (Lipinski definition) is 4. The Morgan fingerprint density at radius 2 is 2.17 bits per heavy atom. The van der Waals surface area contributed by atoms with Gasteiger partial charge in [-0.3, -0.25) is 4.79 Å². The number of hydrogen-bond donors (Lipinski definition) is 2. The van der Waals surface area contributed by atoms with Crippen molar-refractivity contribution in [3.05, 3.63) is 35.5 Å². The van der Waals surface area contributed by atoms with Crippen LogP contribution in [-0.2, 0) is 6.42 Å². The maximum atomic E-state index is 10.9. The number of nitrogens with zero attached hydrogens (tertiary/aromatic N) is 1. The van der Waals surface area contributed by atoms with Crippen molar-refractivity contribution in [3.8, 4) is 5.75 Å². The summed E-state index contributed by atoms with van der Waals surface area (Å²) in [5, 5.41) is 13.6. The predicted octanol–water partition coefficient (Wildman–Crippen LogP) is 1.90. The Balaban J connectivity index is 2.50. The number of carbonyl (C=O) groups excluding carboxylic acids is 1. The molecule has 0 fully saturated rings. The molecule has 0 unspecified atom stereocenters. The van der Waals surface area contributed by atoms with Crippen molar-refractivity contribution in [1.82, 2.24) is 10.3 Å². The molecule has 0 aliphatic heterocycles. The fourth-order valence-electron chi connectivity index (χ4n) is 1.90. The van der Waals surface area contributed by atoms with Crippen molar-refractivity contribution in [2.24, 2.45) is 0 Å². The molecular formula is C14H16N2O2. The van der Waals surface area contributed by atoms with Crippen LogP contribution in [0.15, 0.2) is 24.3 Å². The number of pyridine rings is 1. The van der Waals surface area contributed by atoms with Crippen molar-refractivity contribution in [3.63, 3.8) is 0 Å². The van der Waals surface area contributed by atoms with Crippen molar-refractivity contribution in [2.75, 3.05) is 7.05 Å². The van der Waals surface area contributed by atoms with Gasteiger partial charge in [-0.25, -0.2) is 4.98 Å². The molecule has 2 aromatic rings. The van der Waals surface area contributed by atoms with E-state index in [2.05, 4.69) is 17.2 Å². The molecule has 1 heterocycles. The molecule has 94 valence electrons. The highest BCUT2D eigenvalue weighted by Crippen LogP contribution is 2.25. The van der Waals surface area contributed by atoms with Gasteiger partial charge in [0, 0.05) is 29.1 Å². The highest BCUT2D eigenvalue weighted by Gasteiger charge is 2.09. The molecule has 0 bridgehead atoms. The standard InChI is InChI=1S/C14H16N2O2/c1-9(15-2)7-11-4-5-12-10(8-17)3-6-13(18)14(12)16-11/h3-6,8-9,15,18H,7H2,1-2H3/t9-/m1/s1. The van der Waals surface area contributed by atoms with Gasteiger partial charge < -0.3 is 10.4 Å². The van der Waals surface area contributed by atoms with Crippen molar-refractivity contribution in [2.45, 2.75) is 19.4 Å². The van der Waals surface area contributed by atoms with E-state index in [0.717, 1.165) is 18.4 Å². The second-order valence-corrected chi connectivity index (χ2v) is 4.38. The Morgan fingerprint density at radius 3 is 2.83 bits per heavy atom. The van der Waals surface area contributed by atoms with Crippen LogP contribution in [0.3, 0.4) is 0 Å². The molecule has 4 heteroatoms. The van der Waals surface area contributed by atoms with E-state index in [1.807, 2.05) is 19.2 Å². The summed E-state index contributed by atoms with van der Waals surface area (Å²) in [5.74, 6) is 0.106. The third-order valence-corrected chi connectivity index (χ3v) is 3.06. The predicted molar refractivity (Wildman–Crippen MR) is 71.0 cm³/mol. The summed E-state index contributed by atoms with van der Waals surface area (Å²) in [4.78, 5) is 15.3. The minimum absolute atomic E-state index is 0.106. The zero-order valence-corrected chi connectivity index (χ0v) is 10.5. The largest absolute Gasteiger partial charge is 0.506 e. The summed E-state index contributed by atoms with van der Waals surface area (Å²) in [6, 6.07) is 7.14. The Kier molecular flexibility index (Phi) is 3.58. The molecule has 1 aromatic heterocycles. The van der Waals surface area contributed by atoms with Gasteiger partial charge in [0.05, 0.1) is 0 Å². The third-order valence-electron chi connectivity index (χ3n) is 3.06. The molecule has 0 saturated heterocycles. The summed E-state index contributed by atoms with van der Waals surface area (Å²) >= 11 is 0. The third kappa shape index (κ3) is 2.33. The number of phenolic OH excluding ortho intramolecular Hbond substituents is 1. The molecule has 1 atom stereocenters. The SMILES string of the molecule is CN[C@H](C)Cc1ccc2c(C=O)ccc(O)c2n1. The van der Waals surface area contributed by atoms with E-state index in [0.29, 0.717) is 22.5 Å². The number of nitrogens with one attached hydrogen (secondary N) is 1. The van der Waals surface area contributed by atoms with Gasteiger partial charge in [0.1, 0.15) is 11.3 Å². The molecular weight excluding hydrogens is 228 g/mol. The van der Waals surface area contributed by atoms with Gasteiger partial charge in [-0.05, 0) is 32.2 Å². The van der Waals surface area contributed by atoms with E-state index in [1.165, 1.54) is 6.07 Å². The van der Waals surface area contributed by atoms with E-state index >= 15 is 0 Å². The average molecular weight is 244 g/mol. The lowest BCUT2D eigenvalue weighted by molar-refractivity contribution is 0.112. The van der Waals surface area contributed by atoms with Crippen LogP contribution in [-0.4, -0.2) is 29.5 Å². The number of aldehydes is 1. The van der Waals surface area contributed by atoms with E-state index in [4.69, 9.17) is 0 Å². The van der Waals surface area contributed by atoms with E-state index in [1.54, 1.807) is 6.07 Å². The molecule has 1 aromatic carbocycles. The molecule has 0 saturated carbocycles. The fourth-order valence-corrected chi connectivity index (χ4v) is 1.90. The summed E-state index contributed by atoms with van der Waals surface area (Å²) in [6.07, 6.45) is 1.55. The zero-order chi connectivity index (χ0) is 13.1. The first-order chi connectivity index (χ1) is 8.65. The second-order valence-electron chi connectivity index (χ2n) is 4.38. The average Bonchev–Trinajstić information content (AvgIpc) is 2.39. The minimum atomic E-state index is 0.106. The molecule has 0 amide bonds. The zero-order valence-electron chi connectivity index (χ0n) is 10.5. The first-order valence-electron chi connectivity index (χ1n) is 5.89. The van der Waals surface area contributed by atoms with Crippen LogP contribution in [0.2, 0.25) is 0 Å². The van der Waals surface area contributed by atoms with E-state index in [-0.39, 0.29) is 5.75 Å². The molecule has 2 rings (SSSR count). The lowest BCUT2D eigenvalue weighted by Gasteiger charge is -2.10. The van der Waals surface area contributed by atoms with Crippen molar-refractivity contribution >= 4 is 17.2 Å². The molecule has 0 radical (unpaired) electrons. The lowest BCUT2D eigenvalue weighted by atomic mass is 10.1. The number of aromatic nitrogens is 1. The van der Waals surface area contributed by atoms with Crippen LogP contribution in [0.5, 0.6) is 5.75 Å². The Morgan fingerprint density at radius 1 is 1.39 bits per heavy atom. The maximum absolute atomic E-state index is 10.9. The first-order valence-corrected chi connectivity index (χ1v) is 5.89. The first kappa shape index (κ1) is 12.5. The molecule has 4 nitrogen and oxygen atoms in total. The Bertz CT molecular complexity index is 581. The number of likely N-dealkylation sites (N-methyl/N-ethyl adjacent to an activating group) is 1. The van der Waals surface area contributed by atoms with Crippen LogP contribution in [0, 0.1) is 0 Å². The smallest absolute Gasteiger partial charge is 0.150 e. The normalized spacial score (nSPS) is 12.6. The fraction of sp³-hybridized carbons (Fsp3) is 0.286. The molecule has 2 N–H and O–H groups in total. The van der Waals surface area contributed by atoms with Gasteiger partial charge in [0.25, 0.3) is 0 Å². The van der Waals surface area contributed by atoms with Gasteiger partial charge in [0.2, 0.25) is 0 Å². The number of carbonyl (C=O) groups is 1. The van der Waals surface area contributed by atoms with Gasteiger partial charge in [-0.2, -0.15) is 0 Å². The second kappa shape index (κ2) is 5.14. The number of aromatic hydroxyl groups is 1. The van der Waals surface area contributed by atoms with Gasteiger partial charge >= 0.3 is 0 Å². The Labute approximate surface area is 106 Å². The molecule has 0 aliphatic carbocycles. The van der Waals surface area contributed by atoms with Crippen LogP contribution in [0.25, 0.3) is 10.9 Å². The number of benzene rings is 1. The van der Waals surface area contributed by atoms with Crippen LogP contribution in [0.1, 0.15) is 23.0 Å². The Hall–Kier alpha value is -1.94. The van der Waals surface area contributed by atoms with Gasteiger partial charge in [-0.1, -0.05) is 6.07 Å². The van der Waals surface area contributed by atoms with Crippen LogP contribution in [0.4, 0.5) is 0 Å². The lowest BCUT2D eigenvalue weighted by Crippen LogP contribution is -2.23. The van der Waals surface area contributed by atoms with Crippen LogP contribution >= 0.6 is 0 Å². The monoisotopic (exact) mass is 244 g/mol. The minimum Gasteiger partial charge on any atom is -0.506 e. The molecule has 0 aliphatic rings. The maximum Gasteiger partial charge on any atom is 0.150 e. The topological polar surface area (TPSA) is 62.2 Å². The van der Waals surface area contributed by atoms with Crippen molar-refractivity contribution in [1.29, 1.82) is 0 Å². The summed E-state index contributed by atoms with van der Waals surface area (Å²) in [7, 11) is 1.90. The van der Waals surface area contributed by atoms with Crippen molar-refractivity contribution < 1.29 is 9.90 Å². The molecule has 18 heavy (non-hydrogen) atoms. The number of phenols is 1. The summed E-state index contributed by atoms with van der Waals surface area (Å²) < 4.78 is 0. The quantitative estimate of drug-likeness (QED) is 0.806. The highest BCUT2D eigenvalue weighted by atomic mass is 16.3. The van der Waals surface area contributed by atoms with Gasteiger partial charge in [-0.15, -0.1) is 0 Å². The van der Waals surface area contributed by atoms with Crippen LogP contribution < -0.4 is 5.32 Å². The summed E-state index contributed by atoms with van der Waals surface area (Å²) in [5.41, 5.74) is 1.92. The number of rotatable bonds is 4. The molecule has 0 spiro atoms. The highest BCUT2D eigenvalue weighted by molar-refractivity contribution is 5.98.